The second-order valence-electron chi connectivity index (χ2n) is 5.82. The second kappa shape index (κ2) is 6.35. The highest BCUT2D eigenvalue weighted by atomic mass is 28.3. The molecule has 1 aliphatic rings. The second-order valence-corrected chi connectivity index (χ2v) is 10.4. The summed E-state index contributed by atoms with van der Waals surface area (Å²) in [6.07, 6.45) is 6.96. The summed E-state index contributed by atoms with van der Waals surface area (Å²) < 4.78 is 5.50. The summed E-state index contributed by atoms with van der Waals surface area (Å²) in [5.41, 5.74) is 1.43. The van der Waals surface area contributed by atoms with Crippen LogP contribution in [0.25, 0.3) is 0 Å². The van der Waals surface area contributed by atoms with Gasteiger partial charge < -0.3 is 4.74 Å². The van der Waals surface area contributed by atoms with Crippen molar-refractivity contribution in [2.45, 2.75) is 32.9 Å². The highest BCUT2D eigenvalue weighted by molar-refractivity contribution is 6.95. The van der Waals surface area contributed by atoms with E-state index in [1.165, 1.54) is 22.4 Å². The van der Waals surface area contributed by atoms with E-state index in [-0.39, 0.29) is 0 Å². The van der Waals surface area contributed by atoms with Gasteiger partial charge in [0.1, 0.15) is 8.07 Å². The van der Waals surface area contributed by atoms with E-state index in [4.69, 9.17) is 4.74 Å². The van der Waals surface area contributed by atoms with Crippen LogP contribution in [-0.4, -0.2) is 21.3 Å². The number of benzene rings is 1. The Morgan fingerprint density at radius 3 is 2.58 bits per heavy atom. The highest BCUT2D eigenvalue weighted by Gasteiger charge is 2.24. The Hall–Kier alpha value is -1.12. The molecule has 0 unspecified atom stereocenters. The minimum absolute atomic E-state index is 0.817. The first-order chi connectivity index (χ1) is 9.10. The molecule has 0 atom stereocenters. The SMILES string of the molecule is C/C(=C\C=C1/CCCOC1)[Si](C)(C)c1ccccc1. The Labute approximate surface area is 118 Å². The average Bonchev–Trinajstić information content (AvgIpc) is 2.46. The molecule has 2 rings (SSSR count). The third kappa shape index (κ3) is 3.68. The van der Waals surface area contributed by atoms with Crippen LogP contribution in [0.15, 0.2) is 53.3 Å². The molecule has 19 heavy (non-hydrogen) atoms. The number of allylic oxidation sites excluding steroid dienone is 3. The van der Waals surface area contributed by atoms with E-state index < -0.39 is 8.07 Å². The molecule has 1 aliphatic heterocycles. The van der Waals surface area contributed by atoms with Crippen LogP contribution in [-0.2, 0) is 4.74 Å². The number of hydrogen-bond donors (Lipinski definition) is 0. The molecule has 0 amide bonds. The standard InChI is InChI=1S/C17H24OSi/c1-15(11-12-16-8-7-13-18-14-16)19(2,3)17-9-5-4-6-10-17/h4-6,9-12H,7-8,13-14H2,1-3H3/b15-11+,16-12+. The van der Waals surface area contributed by atoms with Gasteiger partial charge in [-0.25, -0.2) is 0 Å². The molecule has 1 fully saturated rings. The largest absolute Gasteiger partial charge is 0.377 e. The Balaban J connectivity index is 2.15. The maximum atomic E-state index is 5.50. The fraction of sp³-hybridized carbons (Fsp3) is 0.412. The van der Waals surface area contributed by atoms with E-state index in [0.29, 0.717) is 0 Å². The quantitative estimate of drug-likeness (QED) is 0.760. The molecular formula is C17H24OSi. The topological polar surface area (TPSA) is 9.23 Å². The molecule has 1 aromatic rings. The van der Waals surface area contributed by atoms with Crippen LogP contribution in [0.2, 0.25) is 13.1 Å². The monoisotopic (exact) mass is 272 g/mol. The lowest BCUT2D eigenvalue weighted by molar-refractivity contribution is 0.130. The van der Waals surface area contributed by atoms with E-state index >= 15 is 0 Å². The first-order valence-corrected chi connectivity index (χ1v) is 10.1. The molecule has 0 aliphatic carbocycles. The molecule has 1 saturated heterocycles. The molecular weight excluding hydrogens is 248 g/mol. The Morgan fingerprint density at radius 2 is 1.95 bits per heavy atom. The zero-order valence-electron chi connectivity index (χ0n) is 12.3. The normalized spacial score (nSPS) is 19.7. The van der Waals surface area contributed by atoms with Gasteiger partial charge in [-0.1, -0.05) is 66.0 Å². The van der Waals surface area contributed by atoms with Crippen molar-refractivity contribution in [3.8, 4) is 0 Å². The number of rotatable bonds is 3. The zero-order valence-corrected chi connectivity index (χ0v) is 13.3. The summed E-state index contributed by atoms with van der Waals surface area (Å²) in [4.78, 5) is 0. The Kier molecular flexibility index (Phi) is 4.78. The highest BCUT2D eigenvalue weighted by Crippen LogP contribution is 2.17. The van der Waals surface area contributed by atoms with Crippen LogP contribution in [0.1, 0.15) is 19.8 Å². The van der Waals surface area contributed by atoms with Gasteiger partial charge in [-0.15, -0.1) is 0 Å². The van der Waals surface area contributed by atoms with Gasteiger partial charge >= 0.3 is 0 Å². The Bertz CT molecular complexity index is 463. The minimum Gasteiger partial charge on any atom is -0.377 e. The summed E-state index contributed by atoms with van der Waals surface area (Å²) in [6.45, 7) is 8.86. The molecule has 0 saturated carbocycles. The van der Waals surface area contributed by atoms with Crippen LogP contribution >= 0.6 is 0 Å². The van der Waals surface area contributed by atoms with Crippen molar-refractivity contribution in [1.82, 2.24) is 0 Å². The van der Waals surface area contributed by atoms with Gasteiger partial charge in [-0.2, -0.15) is 0 Å². The third-order valence-electron chi connectivity index (χ3n) is 4.12. The van der Waals surface area contributed by atoms with E-state index in [1.54, 1.807) is 0 Å². The third-order valence-corrected chi connectivity index (χ3v) is 8.04. The van der Waals surface area contributed by atoms with Gasteiger partial charge in [0.25, 0.3) is 0 Å². The van der Waals surface area contributed by atoms with Gasteiger partial charge in [0.05, 0.1) is 6.61 Å². The summed E-state index contributed by atoms with van der Waals surface area (Å²) in [6, 6.07) is 10.9. The lowest BCUT2D eigenvalue weighted by Gasteiger charge is -2.24. The molecule has 0 N–H and O–H groups in total. The number of ether oxygens (including phenoxy) is 1. The van der Waals surface area contributed by atoms with Gasteiger partial charge in [0, 0.05) is 6.61 Å². The van der Waals surface area contributed by atoms with Crippen LogP contribution < -0.4 is 5.19 Å². The van der Waals surface area contributed by atoms with E-state index in [0.717, 1.165) is 19.6 Å². The minimum atomic E-state index is -1.49. The lowest BCUT2D eigenvalue weighted by Crippen LogP contribution is -2.42. The van der Waals surface area contributed by atoms with Gasteiger partial charge in [-0.3, -0.25) is 0 Å². The zero-order chi connectivity index (χ0) is 13.7. The summed E-state index contributed by atoms with van der Waals surface area (Å²) >= 11 is 0. The van der Waals surface area contributed by atoms with E-state index in [1.807, 2.05) is 0 Å². The Morgan fingerprint density at radius 1 is 1.21 bits per heavy atom. The van der Waals surface area contributed by atoms with Crippen LogP contribution in [0, 0.1) is 0 Å². The molecule has 1 aromatic carbocycles. The van der Waals surface area contributed by atoms with Crippen molar-refractivity contribution in [3.63, 3.8) is 0 Å². The summed E-state index contributed by atoms with van der Waals surface area (Å²) in [7, 11) is -1.49. The average molecular weight is 272 g/mol. The fourth-order valence-electron chi connectivity index (χ4n) is 2.34. The number of hydrogen-bond acceptors (Lipinski definition) is 1. The van der Waals surface area contributed by atoms with Gasteiger partial charge in [0.2, 0.25) is 0 Å². The lowest BCUT2D eigenvalue weighted by atomic mass is 10.1. The van der Waals surface area contributed by atoms with E-state index in [2.05, 4.69) is 62.5 Å². The van der Waals surface area contributed by atoms with E-state index in [9.17, 15) is 0 Å². The molecule has 1 heterocycles. The van der Waals surface area contributed by atoms with Gasteiger partial charge in [0.15, 0.2) is 0 Å². The maximum Gasteiger partial charge on any atom is 0.107 e. The first-order valence-electron chi connectivity index (χ1n) is 7.11. The molecule has 0 bridgehead atoms. The molecule has 0 aromatic heterocycles. The van der Waals surface area contributed by atoms with Crippen molar-refractivity contribution in [2.24, 2.45) is 0 Å². The van der Waals surface area contributed by atoms with Crippen molar-refractivity contribution in [3.05, 3.63) is 53.3 Å². The smallest absolute Gasteiger partial charge is 0.107 e. The van der Waals surface area contributed by atoms with Crippen molar-refractivity contribution in [1.29, 1.82) is 0 Å². The molecule has 1 nitrogen and oxygen atoms in total. The van der Waals surface area contributed by atoms with Crippen molar-refractivity contribution >= 4 is 13.3 Å². The van der Waals surface area contributed by atoms with Gasteiger partial charge in [-0.05, 0) is 25.3 Å². The molecule has 0 radical (unpaired) electrons. The fourth-order valence-corrected chi connectivity index (χ4v) is 4.32. The van der Waals surface area contributed by atoms with Crippen LogP contribution in [0.3, 0.4) is 0 Å². The first kappa shape index (κ1) is 14.3. The summed E-state index contributed by atoms with van der Waals surface area (Å²) in [5.74, 6) is 0. The molecule has 0 spiro atoms. The van der Waals surface area contributed by atoms with Crippen LogP contribution in [0.5, 0.6) is 0 Å². The van der Waals surface area contributed by atoms with Crippen LogP contribution in [0.4, 0.5) is 0 Å². The summed E-state index contributed by atoms with van der Waals surface area (Å²) in [5, 5.41) is 3.03. The predicted octanol–water partition coefficient (Wildman–Crippen LogP) is 3.82. The molecule has 2 heteroatoms. The molecule has 102 valence electrons. The van der Waals surface area contributed by atoms with Crippen molar-refractivity contribution in [2.75, 3.05) is 13.2 Å². The predicted molar refractivity (Wildman–Crippen MR) is 85.5 cm³/mol. The van der Waals surface area contributed by atoms with Crippen molar-refractivity contribution < 1.29 is 4.74 Å². The maximum absolute atomic E-state index is 5.50.